The lowest BCUT2D eigenvalue weighted by Gasteiger charge is -2.42. The zero-order valence-electron chi connectivity index (χ0n) is 12.5. The van der Waals surface area contributed by atoms with Crippen molar-refractivity contribution < 1.29 is 9.47 Å². The molecule has 0 atom stereocenters. The molecule has 1 aromatic carbocycles. The molecule has 0 heterocycles. The molecule has 1 saturated carbocycles. The average Bonchev–Trinajstić information content (AvgIpc) is 2.41. The van der Waals surface area contributed by atoms with Crippen molar-refractivity contribution in [3.05, 3.63) is 23.8 Å². The first-order chi connectivity index (χ1) is 8.92. The van der Waals surface area contributed by atoms with E-state index in [0.29, 0.717) is 5.41 Å². The van der Waals surface area contributed by atoms with E-state index in [1.54, 1.807) is 14.2 Å². The van der Waals surface area contributed by atoms with Crippen molar-refractivity contribution in [1.82, 2.24) is 0 Å². The van der Waals surface area contributed by atoms with Crippen LogP contribution in [0.2, 0.25) is 0 Å². The molecule has 0 unspecified atom stereocenters. The molecule has 1 aromatic rings. The maximum Gasteiger partial charge on any atom is 0.127 e. The van der Waals surface area contributed by atoms with Gasteiger partial charge in [0.1, 0.15) is 11.5 Å². The molecule has 0 bridgehead atoms. The van der Waals surface area contributed by atoms with Gasteiger partial charge >= 0.3 is 0 Å². The minimum atomic E-state index is -0.340. The molecular formula is C16H25NO2. The van der Waals surface area contributed by atoms with E-state index in [0.717, 1.165) is 42.7 Å². The van der Waals surface area contributed by atoms with Gasteiger partial charge in [0.2, 0.25) is 0 Å². The van der Waals surface area contributed by atoms with E-state index in [2.05, 4.69) is 13.8 Å². The number of nitrogens with two attached hydrogens (primary N) is 1. The highest BCUT2D eigenvalue weighted by Crippen LogP contribution is 2.48. The normalized spacial score (nSPS) is 20.9. The molecule has 3 heteroatoms. The first-order valence-electron chi connectivity index (χ1n) is 6.92. The fourth-order valence-corrected chi connectivity index (χ4v) is 2.96. The van der Waals surface area contributed by atoms with Crippen LogP contribution in [0.15, 0.2) is 18.2 Å². The van der Waals surface area contributed by atoms with Crippen LogP contribution in [-0.4, -0.2) is 14.2 Å². The van der Waals surface area contributed by atoms with Gasteiger partial charge in [-0.2, -0.15) is 0 Å². The topological polar surface area (TPSA) is 44.5 Å². The van der Waals surface area contributed by atoms with E-state index < -0.39 is 0 Å². The summed E-state index contributed by atoms with van der Waals surface area (Å²) in [4.78, 5) is 0. The van der Waals surface area contributed by atoms with Gasteiger partial charge in [-0.05, 0) is 43.2 Å². The van der Waals surface area contributed by atoms with E-state index in [4.69, 9.17) is 15.2 Å². The lowest BCUT2D eigenvalue weighted by molar-refractivity contribution is 0.160. The van der Waals surface area contributed by atoms with Gasteiger partial charge in [-0.3, -0.25) is 0 Å². The fourth-order valence-electron chi connectivity index (χ4n) is 2.96. The molecule has 3 nitrogen and oxygen atoms in total. The van der Waals surface area contributed by atoms with E-state index in [1.165, 1.54) is 0 Å². The van der Waals surface area contributed by atoms with E-state index >= 15 is 0 Å². The van der Waals surface area contributed by atoms with Crippen LogP contribution in [0.5, 0.6) is 11.5 Å². The summed E-state index contributed by atoms with van der Waals surface area (Å²) in [5.74, 6) is 1.67. The van der Waals surface area contributed by atoms with Crippen LogP contribution >= 0.6 is 0 Å². The van der Waals surface area contributed by atoms with Gasteiger partial charge in [-0.15, -0.1) is 0 Å². The second-order valence-electron chi connectivity index (χ2n) is 6.36. The molecule has 0 spiro atoms. The van der Waals surface area contributed by atoms with Crippen LogP contribution in [0, 0.1) is 5.41 Å². The van der Waals surface area contributed by atoms with Gasteiger partial charge in [0.25, 0.3) is 0 Å². The summed E-state index contributed by atoms with van der Waals surface area (Å²) < 4.78 is 11.0. The molecule has 106 valence electrons. The monoisotopic (exact) mass is 263 g/mol. The van der Waals surface area contributed by atoms with Crippen LogP contribution in [0.3, 0.4) is 0 Å². The molecule has 1 aliphatic rings. The lowest BCUT2D eigenvalue weighted by atomic mass is 9.67. The van der Waals surface area contributed by atoms with Crippen molar-refractivity contribution >= 4 is 0 Å². The Morgan fingerprint density at radius 2 is 1.42 bits per heavy atom. The second-order valence-corrected chi connectivity index (χ2v) is 6.36. The summed E-state index contributed by atoms with van der Waals surface area (Å²) in [6.07, 6.45) is 4.20. The van der Waals surface area contributed by atoms with Crippen LogP contribution < -0.4 is 15.2 Å². The highest BCUT2D eigenvalue weighted by Gasteiger charge is 2.40. The smallest absolute Gasteiger partial charge is 0.127 e. The number of hydrogen-bond acceptors (Lipinski definition) is 3. The van der Waals surface area contributed by atoms with E-state index in [1.807, 2.05) is 18.2 Å². The van der Waals surface area contributed by atoms with Crippen molar-refractivity contribution in [2.24, 2.45) is 11.1 Å². The minimum Gasteiger partial charge on any atom is -0.496 e. The Labute approximate surface area is 116 Å². The van der Waals surface area contributed by atoms with Gasteiger partial charge in [0, 0.05) is 5.54 Å². The Balaban J connectivity index is 2.40. The molecule has 1 fully saturated rings. The predicted molar refractivity (Wildman–Crippen MR) is 77.7 cm³/mol. The summed E-state index contributed by atoms with van der Waals surface area (Å²) in [5, 5.41) is 0. The van der Waals surface area contributed by atoms with Gasteiger partial charge < -0.3 is 15.2 Å². The Bertz CT molecular complexity index is 422. The lowest BCUT2D eigenvalue weighted by Crippen LogP contribution is -2.42. The number of ether oxygens (including phenoxy) is 2. The highest BCUT2D eigenvalue weighted by atomic mass is 16.5. The summed E-state index contributed by atoms with van der Waals surface area (Å²) in [5.41, 5.74) is 7.77. The van der Waals surface area contributed by atoms with E-state index in [9.17, 15) is 0 Å². The second kappa shape index (κ2) is 5.04. The zero-order chi connectivity index (χ0) is 14.1. The molecule has 19 heavy (non-hydrogen) atoms. The predicted octanol–water partition coefficient (Wildman–Crippen LogP) is 3.46. The van der Waals surface area contributed by atoms with Crippen LogP contribution in [-0.2, 0) is 5.54 Å². The van der Waals surface area contributed by atoms with Crippen molar-refractivity contribution in [3.8, 4) is 11.5 Å². The Morgan fingerprint density at radius 3 is 1.84 bits per heavy atom. The Morgan fingerprint density at radius 1 is 0.947 bits per heavy atom. The molecule has 0 saturated heterocycles. The third-order valence-electron chi connectivity index (χ3n) is 4.42. The summed E-state index contributed by atoms with van der Waals surface area (Å²) in [6, 6.07) is 5.87. The Kier molecular flexibility index (Phi) is 3.77. The number of hydrogen-bond donors (Lipinski definition) is 1. The number of benzene rings is 1. The van der Waals surface area contributed by atoms with Crippen molar-refractivity contribution in [3.63, 3.8) is 0 Å². The first kappa shape index (κ1) is 14.2. The van der Waals surface area contributed by atoms with Gasteiger partial charge in [-0.25, -0.2) is 0 Å². The van der Waals surface area contributed by atoms with E-state index in [-0.39, 0.29) is 5.54 Å². The molecule has 0 aromatic heterocycles. The first-order valence-corrected chi connectivity index (χ1v) is 6.92. The van der Waals surface area contributed by atoms with Crippen molar-refractivity contribution in [1.29, 1.82) is 0 Å². The standard InChI is InChI=1S/C16H25NO2/c1-15(2)8-10-16(17,11-9-15)14-12(18-3)6-5-7-13(14)19-4/h5-7H,8-11,17H2,1-4H3. The van der Waals surface area contributed by atoms with Crippen molar-refractivity contribution in [2.75, 3.05) is 14.2 Å². The maximum absolute atomic E-state index is 6.69. The van der Waals surface area contributed by atoms with Crippen LogP contribution in [0.25, 0.3) is 0 Å². The van der Waals surface area contributed by atoms with Crippen LogP contribution in [0.4, 0.5) is 0 Å². The fraction of sp³-hybridized carbons (Fsp3) is 0.625. The van der Waals surface area contributed by atoms with Gasteiger partial charge in [-0.1, -0.05) is 19.9 Å². The van der Waals surface area contributed by atoms with Crippen LogP contribution in [0.1, 0.15) is 45.1 Å². The minimum absolute atomic E-state index is 0.340. The summed E-state index contributed by atoms with van der Waals surface area (Å²) in [7, 11) is 3.38. The molecule has 0 amide bonds. The molecule has 2 N–H and O–H groups in total. The Hall–Kier alpha value is -1.22. The van der Waals surface area contributed by atoms with Gasteiger partial charge in [0.05, 0.1) is 19.8 Å². The molecular weight excluding hydrogens is 238 g/mol. The molecule has 0 aliphatic heterocycles. The molecule has 0 radical (unpaired) electrons. The highest BCUT2D eigenvalue weighted by molar-refractivity contribution is 5.49. The maximum atomic E-state index is 6.69. The zero-order valence-corrected chi connectivity index (χ0v) is 12.5. The van der Waals surface area contributed by atoms with Crippen molar-refractivity contribution in [2.45, 2.75) is 45.1 Å². The third kappa shape index (κ3) is 2.71. The average molecular weight is 263 g/mol. The molecule has 1 aliphatic carbocycles. The summed E-state index contributed by atoms with van der Waals surface area (Å²) in [6.45, 7) is 4.62. The summed E-state index contributed by atoms with van der Waals surface area (Å²) >= 11 is 0. The third-order valence-corrected chi connectivity index (χ3v) is 4.42. The molecule has 2 rings (SSSR count). The quantitative estimate of drug-likeness (QED) is 0.908. The largest absolute Gasteiger partial charge is 0.496 e. The van der Waals surface area contributed by atoms with Gasteiger partial charge in [0.15, 0.2) is 0 Å². The number of rotatable bonds is 3. The number of methoxy groups -OCH3 is 2. The SMILES string of the molecule is COc1cccc(OC)c1C1(N)CCC(C)(C)CC1.